The molecule has 0 N–H and O–H groups in total. The second kappa shape index (κ2) is 12.9. The van der Waals surface area contributed by atoms with E-state index in [9.17, 15) is 0 Å². The van der Waals surface area contributed by atoms with E-state index < -0.39 is 0 Å². The van der Waals surface area contributed by atoms with E-state index in [0.29, 0.717) is 0 Å². The fourth-order valence-electron chi connectivity index (χ4n) is 7.23. The van der Waals surface area contributed by atoms with E-state index in [-0.39, 0.29) is 5.92 Å². The van der Waals surface area contributed by atoms with Crippen molar-refractivity contribution in [1.29, 1.82) is 0 Å². The minimum atomic E-state index is 0.0627. The van der Waals surface area contributed by atoms with Gasteiger partial charge in [0.2, 0.25) is 0 Å². The molecule has 1 atom stereocenters. The van der Waals surface area contributed by atoms with Crippen LogP contribution in [-0.2, 0) is 0 Å². The van der Waals surface area contributed by atoms with E-state index in [1.54, 1.807) is 0 Å². The first-order valence-corrected chi connectivity index (χ1v) is 17.2. The van der Waals surface area contributed by atoms with Crippen molar-refractivity contribution in [1.82, 2.24) is 0 Å². The number of rotatable bonds is 7. The normalized spacial score (nSPS) is 11.9. The molecule has 50 heavy (non-hydrogen) atoms. The quantitative estimate of drug-likeness (QED) is 0.158. The van der Waals surface area contributed by atoms with E-state index in [1.165, 1.54) is 61.2 Å². The number of fused-ring (bicyclic) bond motifs is 3. The number of para-hydroxylation sites is 1. The summed E-state index contributed by atoms with van der Waals surface area (Å²) in [6.07, 6.45) is 0. The second-order valence-electron chi connectivity index (χ2n) is 12.9. The number of hydrogen-bond donors (Lipinski definition) is 0. The van der Waals surface area contributed by atoms with Gasteiger partial charge < -0.3 is 4.42 Å². The molecule has 1 heterocycles. The molecule has 0 spiro atoms. The van der Waals surface area contributed by atoms with Crippen LogP contribution in [0.2, 0.25) is 0 Å². The first-order chi connectivity index (χ1) is 24.8. The topological polar surface area (TPSA) is 13.1 Å². The molecule has 0 aliphatic carbocycles. The second-order valence-corrected chi connectivity index (χ2v) is 12.9. The van der Waals surface area contributed by atoms with Crippen molar-refractivity contribution >= 4 is 21.9 Å². The van der Waals surface area contributed by atoms with Crippen molar-refractivity contribution in [2.45, 2.75) is 5.92 Å². The van der Waals surface area contributed by atoms with Gasteiger partial charge in [-0.25, -0.2) is 0 Å². The molecule has 0 saturated heterocycles. The van der Waals surface area contributed by atoms with Gasteiger partial charge in [0.05, 0.1) is 0 Å². The molecule has 0 amide bonds. The highest BCUT2D eigenvalue weighted by Gasteiger charge is 2.19. The molecule has 0 saturated carbocycles. The zero-order valence-electron chi connectivity index (χ0n) is 27.5. The van der Waals surface area contributed by atoms with Gasteiger partial charge in [0, 0.05) is 16.7 Å². The number of hydrogen-bond acceptors (Lipinski definition) is 1. The first-order valence-electron chi connectivity index (χ1n) is 17.2. The molecule has 9 rings (SSSR count). The predicted octanol–water partition coefficient (Wildman–Crippen LogP) is 13.4. The molecule has 236 valence electrons. The van der Waals surface area contributed by atoms with Gasteiger partial charge in [0.1, 0.15) is 11.2 Å². The maximum atomic E-state index is 6.13. The van der Waals surface area contributed by atoms with E-state index in [0.717, 1.165) is 21.9 Å². The molecule has 1 unspecified atom stereocenters. The molecular formula is C49H34O. The van der Waals surface area contributed by atoms with Crippen LogP contribution >= 0.6 is 0 Å². The van der Waals surface area contributed by atoms with Crippen LogP contribution < -0.4 is 0 Å². The van der Waals surface area contributed by atoms with Gasteiger partial charge in [-0.3, -0.25) is 0 Å². The summed E-state index contributed by atoms with van der Waals surface area (Å²) < 4.78 is 6.13. The summed E-state index contributed by atoms with van der Waals surface area (Å²) >= 11 is 0. The molecule has 1 aromatic heterocycles. The van der Waals surface area contributed by atoms with E-state index in [1.807, 2.05) is 12.1 Å². The lowest BCUT2D eigenvalue weighted by molar-refractivity contribution is 0.669. The van der Waals surface area contributed by atoms with Gasteiger partial charge in [0.25, 0.3) is 0 Å². The molecule has 9 aromatic rings. The molecular weight excluding hydrogens is 605 g/mol. The van der Waals surface area contributed by atoms with Crippen LogP contribution in [0, 0.1) is 0 Å². The third kappa shape index (κ3) is 5.70. The lowest BCUT2D eigenvalue weighted by atomic mass is 9.83. The van der Waals surface area contributed by atoms with Gasteiger partial charge in [-0.1, -0.05) is 182 Å². The minimum Gasteiger partial charge on any atom is -0.456 e. The van der Waals surface area contributed by atoms with Crippen LogP contribution in [0.25, 0.3) is 66.4 Å². The molecule has 0 aliphatic heterocycles. The maximum Gasteiger partial charge on any atom is 0.135 e. The highest BCUT2D eigenvalue weighted by Crippen LogP contribution is 2.38. The van der Waals surface area contributed by atoms with E-state index in [2.05, 4.69) is 188 Å². The van der Waals surface area contributed by atoms with Crippen molar-refractivity contribution in [3.63, 3.8) is 0 Å². The Morgan fingerprint density at radius 3 is 1.26 bits per heavy atom. The van der Waals surface area contributed by atoms with Crippen LogP contribution in [-0.4, -0.2) is 0 Å². The highest BCUT2D eigenvalue weighted by molar-refractivity contribution is 6.06. The Hall–Kier alpha value is -6.44. The zero-order chi connectivity index (χ0) is 33.3. The Morgan fingerprint density at radius 1 is 0.260 bits per heavy atom. The van der Waals surface area contributed by atoms with Gasteiger partial charge in [0.15, 0.2) is 0 Å². The smallest absolute Gasteiger partial charge is 0.135 e. The molecule has 0 aliphatic rings. The van der Waals surface area contributed by atoms with Gasteiger partial charge in [-0.05, 0) is 79.4 Å². The van der Waals surface area contributed by atoms with Crippen molar-refractivity contribution in [2.75, 3.05) is 0 Å². The van der Waals surface area contributed by atoms with Crippen molar-refractivity contribution < 1.29 is 4.42 Å². The Labute approximate surface area is 292 Å². The predicted molar refractivity (Wildman–Crippen MR) is 209 cm³/mol. The van der Waals surface area contributed by atoms with E-state index in [4.69, 9.17) is 4.42 Å². The monoisotopic (exact) mass is 638 g/mol. The lowest BCUT2D eigenvalue weighted by Crippen LogP contribution is -2.04. The van der Waals surface area contributed by atoms with Crippen molar-refractivity contribution in [2.24, 2.45) is 0 Å². The largest absolute Gasteiger partial charge is 0.456 e. The summed E-state index contributed by atoms with van der Waals surface area (Å²) in [5.74, 6) is 0.0627. The first kappa shape index (κ1) is 29.7. The molecule has 1 heteroatoms. The van der Waals surface area contributed by atoms with Gasteiger partial charge >= 0.3 is 0 Å². The van der Waals surface area contributed by atoms with Crippen LogP contribution in [0.3, 0.4) is 0 Å². The summed E-state index contributed by atoms with van der Waals surface area (Å²) in [5, 5.41) is 2.29. The average Bonchev–Trinajstić information content (AvgIpc) is 3.58. The minimum absolute atomic E-state index is 0.0627. The Balaban J connectivity index is 1.09. The van der Waals surface area contributed by atoms with E-state index >= 15 is 0 Å². The van der Waals surface area contributed by atoms with Crippen molar-refractivity contribution in [3.05, 3.63) is 217 Å². The summed E-state index contributed by atoms with van der Waals surface area (Å²) in [6.45, 7) is 0. The summed E-state index contributed by atoms with van der Waals surface area (Å²) in [4.78, 5) is 0. The van der Waals surface area contributed by atoms with Gasteiger partial charge in [-0.2, -0.15) is 0 Å². The molecule has 0 bridgehead atoms. The zero-order valence-corrected chi connectivity index (χ0v) is 27.5. The van der Waals surface area contributed by atoms with Crippen LogP contribution in [0.4, 0.5) is 0 Å². The SMILES string of the molecule is c1ccc(-c2ccc(-c3ccc(C(c4ccc(-c5ccccc5)cc4)c4cccc(-c5ccc6oc7ccccc7c6c5)c4)cc3)cc2)cc1. The van der Waals surface area contributed by atoms with Crippen LogP contribution in [0.5, 0.6) is 0 Å². The number of furan rings is 1. The van der Waals surface area contributed by atoms with Crippen LogP contribution in [0.15, 0.2) is 205 Å². The summed E-state index contributed by atoms with van der Waals surface area (Å²) in [7, 11) is 0. The fourth-order valence-corrected chi connectivity index (χ4v) is 7.23. The third-order valence-corrected chi connectivity index (χ3v) is 9.85. The summed E-state index contributed by atoms with van der Waals surface area (Å²) in [5.41, 5.74) is 15.3. The maximum absolute atomic E-state index is 6.13. The molecule has 0 fully saturated rings. The number of benzene rings is 8. The Kier molecular flexibility index (Phi) is 7.64. The highest BCUT2D eigenvalue weighted by atomic mass is 16.3. The fraction of sp³-hybridized carbons (Fsp3) is 0.0204. The third-order valence-electron chi connectivity index (χ3n) is 9.85. The summed E-state index contributed by atoms with van der Waals surface area (Å²) in [6, 6.07) is 72.0. The average molecular weight is 639 g/mol. The Morgan fingerprint density at radius 2 is 0.680 bits per heavy atom. The van der Waals surface area contributed by atoms with Crippen molar-refractivity contribution in [3.8, 4) is 44.5 Å². The lowest BCUT2D eigenvalue weighted by Gasteiger charge is -2.21. The van der Waals surface area contributed by atoms with Crippen LogP contribution in [0.1, 0.15) is 22.6 Å². The molecule has 1 nitrogen and oxygen atoms in total. The van der Waals surface area contributed by atoms with Gasteiger partial charge in [-0.15, -0.1) is 0 Å². The molecule has 0 radical (unpaired) electrons. The standard InChI is InChI=1S/C49H34O/c1-3-10-34(11-4-1)36-18-20-38(21-19-36)39-24-28-41(29-25-39)49(40-26-22-37(23-27-40)35-12-5-2-6-13-35)44-15-9-14-42(32-44)43-30-31-48-46(33-43)45-16-7-8-17-47(45)50-48/h1-33,49H. The molecule has 8 aromatic carbocycles. The Bertz CT molecular complexity index is 2540.